The maximum Gasteiger partial charge on any atom is 0.311 e. The number of ether oxygens (including phenoxy) is 1. The number of ketones is 1. The van der Waals surface area contributed by atoms with Crippen LogP contribution >= 0.6 is 11.6 Å². The van der Waals surface area contributed by atoms with Gasteiger partial charge in [0, 0.05) is 17.3 Å². The van der Waals surface area contributed by atoms with Crippen molar-refractivity contribution in [1.29, 1.82) is 5.26 Å². The first kappa shape index (κ1) is 24.3. The van der Waals surface area contributed by atoms with E-state index in [0.29, 0.717) is 11.3 Å². The SMILES string of the molecule is COc1ccc(Cl)c(/C(O)=C2\C(=O)C(=O)N(c3ccc(C#N)cc3)C2c2ccc(O)c([N+](=O)[O-])c2)c1. The summed E-state index contributed by atoms with van der Waals surface area (Å²) in [7, 11) is 1.40. The number of hydrogen-bond donors (Lipinski definition) is 2. The Labute approximate surface area is 209 Å². The Morgan fingerprint density at radius 1 is 1.14 bits per heavy atom. The zero-order valence-electron chi connectivity index (χ0n) is 18.5. The van der Waals surface area contributed by atoms with Crippen LogP contribution in [-0.2, 0) is 9.59 Å². The van der Waals surface area contributed by atoms with Crippen molar-refractivity contribution in [2.45, 2.75) is 6.04 Å². The second kappa shape index (κ2) is 9.40. The van der Waals surface area contributed by atoms with Crippen molar-refractivity contribution in [2.24, 2.45) is 0 Å². The number of aliphatic hydroxyl groups excluding tert-OH is 1. The number of halogens is 1. The molecule has 0 spiro atoms. The number of amides is 1. The minimum atomic E-state index is -1.32. The summed E-state index contributed by atoms with van der Waals surface area (Å²) in [6, 6.07) is 14.1. The summed E-state index contributed by atoms with van der Waals surface area (Å²) in [5, 5.41) is 41.8. The lowest BCUT2D eigenvalue weighted by molar-refractivity contribution is -0.385. The molecule has 4 rings (SSSR count). The lowest BCUT2D eigenvalue weighted by Gasteiger charge is -2.25. The average Bonchev–Trinajstić information content (AvgIpc) is 3.14. The van der Waals surface area contributed by atoms with Crippen molar-refractivity contribution in [1.82, 2.24) is 0 Å². The van der Waals surface area contributed by atoms with Gasteiger partial charge in [-0.1, -0.05) is 17.7 Å². The van der Waals surface area contributed by atoms with Gasteiger partial charge in [0.1, 0.15) is 11.5 Å². The number of nitriles is 1. The standard InChI is InChI=1S/C25H16ClN3O7/c1-36-16-7-8-18(26)17(11-16)23(31)21-22(14-4-9-20(30)19(10-14)29(34)35)28(25(33)24(21)32)15-5-2-13(12-27)3-6-15/h2-11,22,30-31H,1H3/b23-21+. The van der Waals surface area contributed by atoms with Gasteiger partial charge in [-0.2, -0.15) is 5.26 Å². The van der Waals surface area contributed by atoms with E-state index in [-0.39, 0.29) is 27.4 Å². The molecule has 180 valence electrons. The van der Waals surface area contributed by atoms with Gasteiger partial charge in [-0.05, 0) is 54.1 Å². The van der Waals surface area contributed by atoms with Crippen LogP contribution in [0.25, 0.3) is 5.76 Å². The molecule has 1 atom stereocenters. The first-order valence-corrected chi connectivity index (χ1v) is 10.7. The van der Waals surface area contributed by atoms with Crippen molar-refractivity contribution in [3.05, 3.63) is 98.1 Å². The smallest absolute Gasteiger partial charge is 0.311 e. The van der Waals surface area contributed by atoms with Crippen molar-refractivity contribution < 1.29 is 29.5 Å². The van der Waals surface area contributed by atoms with E-state index in [9.17, 15) is 29.9 Å². The molecule has 1 amide bonds. The van der Waals surface area contributed by atoms with Crippen LogP contribution in [0.1, 0.15) is 22.7 Å². The Kier molecular flexibility index (Phi) is 6.33. The van der Waals surface area contributed by atoms with Crippen LogP contribution in [0.2, 0.25) is 5.02 Å². The minimum Gasteiger partial charge on any atom is -0.507 e. The zero-order valence-corrected chi connectivity index (χ0v) is 19.3. The van der Waals surface area contributed by atoms with Gasteiger partial charge in [-0.3, -0.25) is 24.6 Å². The highest BCUT2D eigenvalue weighted by Crippen LogP contribution is 2.44. The van der Waals surface area contributed by atoms with Gasteiger partial charge in [0.2, 0.25) is 0 Å². The molecule has 1 fully saturated rings. The molecule has 1 unspecified atom stereocenters. The molecule has 0 saturated carbocycles. The quantitative estimate of drug-likeness (QED) is 0.169. The van der Waals surface area contributed by atoms with Gasteiger partial charge in [0.15, 0.2) is 5.75 Å². The topological polar surface area (TPSA) is 154 Å². The fraction of sp³-hybridized carbons (Fsp3) is 0.0800. The molecule has 0 radical (unpaired) electrons. The Bertz CT molecular complexity index is 1490. The van der Waals surface area contributed by atoms with Crippen LogP contribution in [0.15, 0.2) is 66.2 Å². The summed E-state index contributed by atoms with van der Waals surface area (Å²) in [6.45, 7) is 0. The van der Waals surface area contributed by atoms with E-state index >= 15 is 0 Å². The largest absolute Gasteiger partial charge is 0.507 e. The number of Topliss-reactive ketones (excluding diaryl/α,β-unsaturated/α-hetero) is 1. The number of methoxy groups -OCH3 is 1. The first-order chi connectivity index (χ1) is 17.2. The molecular weight excluding hydrogens is 490 g/mol. The number of phenolic OH excluding ortho intramolecular Hbond substituents is 1. The molecule has 3 aromatic carbocycles. The highest BCUT2D eigenvalue weighted by molar-refractivity contribution is 6.52. The Morgan fingerprint density at radius 2 is 1.83 bits per heavy atom. The van der Waals surface area contributed by atoms with E-state index in [1.54, 1.807) is 0 Å². The summed E-state index contributed by atoms with van der Waals surface area (Å²) in [6.07, 6.45) is 0. The van der Waals surface area contributed by atoms with Gasteiger partial charge in [-0.25, -0.2) is 0 Å². The summed E-state index contributed by atoms with van der Waals surface area (Å²) in [5.41, 5.74) is -0.449. The minimum absolute atomic E-state index is 0.00660. The number of aliphatic hydroxyl groups is 1. The van der Waals surface area contributed by atoms with E-state index in [1.807, 2.05) is 6.07 Å². The summed E-state index contributed by atoms with van der Waals surface area (Å²) >= 11 is 6.27. The normalized spacial score (nSPS) is 16.6. The molecule has 0 aliphatic carbocycles. The van der Waals surface area contributed by atoms with Gasteiger partial charge < -0.3 is 14.9 Å². The summed E-state index contributed by atoms with van der Waals surface area (Å²) < 4.78 is 5.17. The van der Waals surface area contributed by atoms with Crippen molar-refractivity contribution in [3.63, 3.8) is 0 Å². The van der Waals surface area contributed by atoms with E-state index in [1.165, 1.54) is 55.6 Å². The number of nitrogens with zero attached hydrogens (tertiary/aromatic N) is 3. The second-order valence-electron chi connectivity index (χ2n) is 7.68. The number of benzene rings is 3. The molecule has 1 saturated heterocycles. The Balaban J connectivity index is 2.01. The molecule has 0 aromatic heterocycles. The van der Waals surface area contributed by atoms with E-state index in [0.717, 1.165) is 17.0 Å². The molecule has 1 aliphatic rings. The molecule has 2 N–H and O–H groups in total. The third kappa shape index (κ3) is 4.08. The fourth-order valence-electron chi connectivity index (χ4n) is 3.93. The number of hydrogen-bond acceptors (Lipinski definition) is 8. The number of carbonyl (C=O) groups excluding carboxylic acids is 2. The van der Waals surface area contributed by atoms with Gasteiger partial charge in [-0.15, -0.1) is 0 Å². The number of phenols is 1. The Morgan fingerprint density at radius 3 is 2.44 bits per heavy atom. The number of anilines is 1. The predicted octanol–water partition coefficient (Wildman–Crippen LogP) is 4.46. The molecule has 1 aliphatic heterocycles. The van der Waals surface area contributed by atoms with Crippen LogP contribution in [-0.4, -0.2) is 33.9 Å². The number of nitro benzene ring substituents is 1. The second-order valence-corrected chi connectivity index (χ2v) is 8.09. The fourth-order valence-corrected chi connectivity index (χ4v) is 4.13. The maximum atomic E-state index is 13.2. The van der Waals surface area contributed by atoms with Crippen LogP contribution < -0.4 is 9.64 Å². The number of aromatic hydroxyl groups is 1. The van der Waals surface area contributed by atoms with Crippen LogP contribution in [0.5, 0.6) is 11.5 Å². The van der Waals surface area contributed by atoms with Crippen LogP contribution in [0, 0.1) is 21.4 Å². The third-order valence-electron chi connectivity index (χ3n) is 5.66. The molecule has 10 nitrogen and oxygen atoms in total. The predicted molar refractivity (Wildman–Crippen MR) is 129 cm³/mol. The number of rotatable bonds is 5. The highest BCUT2D eigenvalue weighted by atomic mass is 35.5. The zero-order chi connectivity index (χ0) is 26.1. The molecule has 0 bridgehead atoms. The summed E-state index contributed by atoms with van der Waals surface area (Å²) in [5.74, 6) is -2.99. The van der Waals surface area contributed by atoms with Crippen LogP contribution in [0.4, 0.5) is 11.4 Å². The molecule has 36 heavy (non-hydrogen) atoms. The lowest BCUT2D eigenvalue weighted by atomic mass is 9.94. The Hall–Kier alpha value is -4.88. The highest BCUT2D eigenvalue weighted by Gasteiger charge is 2.47. The number of carbonyl (C=O) groups is 2. The van der Waals surface area contributed by atoms with E-state index in [4.69, 9.17) is 21.6 Å². The summed E-state index contributed by atoms with van der Waals surface area (Å²) in [4.78, 5) is 38.2. The van der Waals surface area contributed by atoms with Crippen molar-refractivity contribution in [2.75, 3.05) is 12.0 Å². The average molecular weight is 506 g/mol. The van der Waals surface area contributed by atoms with Crippen molar-refractivity contribution in [3.8, 4) is 17.6 Å². The molecule has 11 heteroatoms. The third-order valence-corrected chi connectivity index (χ3v) is 5.99. The van der Waals surface area contributed by atoms with Gasteiger partial charge in [0.25, 0.3) is 11.7 Å². The van der Waals surface area contributed by atoms with Crippen molar-refractivity contribution >= 4 is 40.4 Å². The monoisotopic (exact) mass is 505 g/mol. The lowest BCUT2D eigenvalue weighted by Crippen LogP contribution is -2.29. The number of nitro groups is 1. The van der Waals surface area contributed by atoms with Gasteiger partial charge >= 0.3 is 5.69 Å². The molecular formula is C25H16ClN3O7. The molecule has 1 heterocycles. The molecule has 3 aromatic rings. The van der Waals surface area contributed by atoms with E-state index in [2.05, 4.69) is 0 Å². The maximum absolute atomic E-state index is 13.2. The first-order valence-electron chi connectivity index (χ1n) is 10.3. The van der Waals surface area contributed by atoms with E-state index < -0.39 is 39.9 Å². The van der Waals surface area contributed by atoms with Crippen LogP contribution in [0.3, 0.4) is 0 Å². The van der Waals surface area contributed by atoms with Gasteiger partial charge in [0.05, 0.1) is 40.3 Å².